The quantitative estimate of drug-likeness (QED) is 0.517. The predicted octanol–water partition coefficient (Wildman–Crippen LogP) is 4.52. The van der Waals surface area contributed by atoms with Crippen molar-refractivity contribution in [3.63, 3.8) is 0 Å². The molecule has 0 amide bonds. The van der Waals surface area contributed by atoms with Gasteiger partial charge in [0.05, 0.1) is 0 Å². The average molecular weight is 249 g/mol. The maximum Gasteiger partial charge on any atom is 0.00956 e. The predicted molar refractivity (Wildman–Crippen MR) is 80.6 cm³/mol. The Hall–Kier alpha value is -0.480. The minimum absolute atomic E-state index is 0.719. The Morgan fingerprint density at radius 2 is 1.83 bits per heavy atom. The van der Waals surface area contributed by atoms with E-state index in [-0.39, 0.29) is 0 Å². The van der Waals surface area contributed by atoms with E-state index >= 15 is 0 Å². The van der Waals surface area contributed by atoms with Crippen LogP contribution in [0.15, 0.2) is 0 Å². The van der Waals surface area contributed by atoms with Gasteiger partial charge in [0.2, 0.25) is 0 Å². The molecule has 0 aromatic heterocycles. The highest BCUT2D eigenvalue weighted by Gasteiger charge is 2.20. The van der Waals surface area contributed by atoms with E-state index in [2.05, 4.69) is 18.2 Å². The lowest BCUT2D eigenvalue weighted by Gasteiger charge is -2.29. The number of hydrogen-bond acceptors (Lipinski definition) is 1. The van der Waals surface area contributed by atoms with Crippen LogP contribution in [0.5, 0.6) is 0 Å². The first-order chi connectivity index (χ1) is 8.88. The molecule has 1 N–H and O–H groups in total. The van der Waals surface area contributed by atoms with Crippen molar-refractivity contribution in [3.05, 3.63) is 0 Å². The van der Waals surface area contributed by atoms with Crippen LogP contribution in [-0.4, -0.2) is 12.6 Å². The summed E-state index contributed by atoms with van der Waals surface area (Å²) in [7, 11) is 0. The standard InChI is InChI=1S/C17H31N/c1-3-5-9-14-17(18-15-4-2)16-12-10-7-6-8-11-13-16/h1,16-18H,4-15H2,2H3. The average Bonchev–Trinajstić information content (AvgIpc) is 2.34. The lowest BCUT2D eigenvalue weighted by molar-refractivity contribution is 0.271. The fourth-order valence-corrected chi connectivity index (χ4v) is 3.15. The highest BCUT2D eigenvalue weighted by atomic mass is 14.9. The first kappa shape index (κ1) is 15.6. The van der Waals surface area contributed by atoms with Gasteiger partial charge in [0.1, 0.15) is 0 Å². The number of hydrogen-bond donors (Lipinski definition) is 1. The highest BCUT2D eigenvalue weighted by Crippen LogP contribution is 2.27. The molecule has 0 radical (unpaired) electrons. The molecule has 0 heterocycles. The molecule has 104 valence electrons. The third kappa shape index (κ3) is 6.45. The summed E-state index contributed by atoms with van der Waals surface area (Å²) < 4.78 is 0. The molecule has 0 aromatic carbocycles. The van der Waals surface area contributed by atoms with E-state index in [1.807, 2.05) is 0 Å². The third-order valence-electron chi connectivity index (χ3n) is 4.21. The van der Waals surface area contributed by atoms with Gasteiger partial charge in [-0.25, -0.2) is 0 Å². The van der Waals surface area contributed by atoms with E-state index in [1.54, 1.807) is 0 Å². The fourth-order valence-electron chi connectivity index (χ4n) is 3.15. The maximum absolute atomic E-state index is 5.37. The van der Waals surface area contributed by atoms with Gasteiger partial charge in [-0.05, 0) is 44.6 Å². The Balaban J connectivity index is 2.41. The van der Waals surface area contributed by atoms with Crippen molar-refractivity contribution in [2.75, 3.05) is 6.54 Å². The number of nitrogens with one attached hydrogen (secondary N) is 1. The molecule has 1 atom stereocenters. The lowest BCUT2D eigenvalue weighted by atomic mass is 9.84. The molecule has 1 aliphatic carbocycles. The van der Waals surface area contributed by atoms with Crippen LogP contribution in [0.1, 0.15) is 77.6 Å². The molecule has 1 aliphatic rings. The summed E-state index contributed by atoms with van der Waals surface area (Å²) in [5.74, 6) is 3.67. The van der Waals surface area contributed by atoms with Crippen molar-refractivity contribution < 1.29 is 0 Å². The second kappa shape index (κ2) is 10.4. The van der Waals surface area contributed by atoms with E-state index in [0.717, 1.165) is 24.9 Å². The summed E-state index contributed by atoms with van der Waals surface area (Å²) in [5, 5.41) is 3.78. The second-order valence-corrected chi connectivity index (χ2v) is 5.76. The van der Waals surface area contributed by atoms with Crippen LogP contribution in [-0.2, 0) is 0 Å². The van der Waals surface area contributed by atoms with Crippen molar-refractivity contribution in [1.82, 2.24) is 5.32 Å². The van der Waals surface area contributed by atoms with Crippen LogP contribution in [0.3, 0.4) is 0 Å². The summed E-state index contributed by atoms with van der Waals surface area (Å²) in [4.78, 5) is 0. The van der Waals surface area contributed by atoms with Gasteiger partial charge in [0.25, 0.3) is 0 Å². The monoisotopic (exact) mass is 249 g/mol. The molecule has 1 heteroatoms. The molecule has 0 saturated heterocycles. The topological polar surface area (TPSA) is 12.0 Å². The van der Waals surface area contributed by atoms with Crippen molar-refractivity contribution in [2.24, 2.45) is 5.92 Å². The van der Waals surface area contributed by atoms with E-state index < -0.39 is 0 Å². The van der Waals surface area contributed by atoms with Crippen LogP contribution < -0.4 is 5.32 Å². The van der Waals surface area contributed by atoms with E-state index in [0.29, 0.717) is 0 Å². The van der Waals surface area contributed by atoms with E-state index in [4.69, 9.17) is 6.42 Å². The number of rotatable bonds is 7. The van der Waals surface area contributed by atoms with Gasteiger partial charge in [-0.3, -0.25) is 0 Å². The first-order valence-corrected chi connectivity index (χ1v) is 8.05. The molecule has 0 aromatic rings. The highest BCUT2D eigenvalue weighted by molar-refractivity contribution is 4.85. The molecule has 1 saturated carbocycles. The largest absolute Gasteiger partial charge is 0.314 e. The first-order valence-electron chi connectivity index (χ1n) is 8.05. The Morgan fingerprint density at radius 3 is 2.44 bits per heavy atom. The Labute approximate surface area is 114 Å². The van der Waals surface area contributed by atoms with E-state index in [1.165, 1.54) is 64.2 Å². The van der Waals surface area contributed by atoms with Gasteiger partial charge in [0.15, 0.2) is 0 Å². The number of unbranched alkanes of at least 4 members (excludes halogenated alkanes) is 1. The van der Waals surface area contributed by atoms with Gasteiger partial charge < -0.3 is 5.32 Å². The van der Waals surface area contributed by atoms with Crippen LogP contribution >= 0.6 is 0 Å². The van der Waals surface area contributed by atoms with Crippen LogP contribution in [0, 0.1) is 18.3 Å². The normalized spacial score (nSPS) is 19.8. The van der Waals surface area contributed by atoms with Crippen LogP contribution in [0.2, 0.25) is 0 Å². The maximum atomic E-state index is 5.37. The summed E-state index contributed by atoms with van der Waals surface area (Å²) in [6.45, 7) is 3.42. The molecule has 1 rings (SSSR count). The minimum Gasteiger partial charge on any atom is -0.314 e. The smallest absolute Gasteiger partial charge is 0.00956 e. The molecule has 1 unspecified atom stereocenters. The third-order valence-corrected chi connectivity index (χ3v) is 4.21. The molecule has 1 fully saturated rings. The van der Waals surface area contributed by atoms with Crippen molar-refractivity contribution in [2.45, 2.75) is 83.6 Å². The minimum atomic E-state index is 0.719. The molecule has 1 nitrogen and oxygen atoms in total. The SMILES string of the molecule is C#CCCCC(NCCC)C1CCCCCCC1. The van der Waals surface area contributed by atoms with Crippen molar-refractivity contribution >= 4 is 0 Å². The molecule has 0 bridgehead atoms. The molecular weight excluding hydrogens is 218 g/mol. The Kier molecular flexibility index (Phi) is 9.04. The van der Waals surface area contributed by atoms with Gasteiger partial charge in [-0.15, -0.1) is 12.3 Å². The van der Waals surface area contributed by atoms with Crippen LogP contribution in [0.25, 0.3) is 0 Å². The number of terminal acetylenes is 1. The van der Waals surface area contributed by atoms with Crippen molar-refractivity contribution in [3.8, 4) is 12.3 Å². The van der Waals surface area contributed by atoms with Gasteiger partial charge in [-0.2, -0.15) is 0 Å². The van der Waals surface area contributed by atoms with Crippen molar-refractivity contribution in [1.29, 1.82) is 0 Å². The zero-order chi connectivity index (χ0) is 13.1. The summed E-state index contributed by atoms with van der Waals surface area (Å²) in [6.07, 6.45) is 20.1. The zero-order valence-corrected chi connectivity index (χ0v) is 12.2. The molecule has 18 heavy (non-hydrogen) atoms. The second-order valence-electron chi connectivity index (χ2n) is 5.76. The van der Waals surface area contributed by atoms with Gasteiger partial charge in [0, 0.05) is 12.5 Å². The molecular formula is C17H31N. The summed E-state index contributed by atoms with van der Waals surface area (Å²) >= 11 is 0. The van der Waals surface area contributed by atoms with Gasteiger partial charge in [-0.1, -0.05) is 39.0 Å². The lowest BCUT2D eigenvalue weighted by Crippen LogP contribution is -2.37. The summed E-state index contributed by atoms with van der Waals surface area (Å²) in [5.41, 5.74) is 0. The summed E-state index contributed by atoms with van der Waals surface area (Å²) in [6, 6.07) is 0.719. The Bertz CT molecular complexity index is 220. The van der Waals surface area contributed by atoms with Gasteiger partial charge >= 0.3 is 0 Å². The Morgan fingerprint density at radius 1 is 1.17 bits per heavy atom. The fraction of sp³-hybridized carbons (Fsp3) is 0.882. The molecule has 0 spiro atoms. The molecule has 0 aliphatic heterocycles. The van der Waals surface area contributed by atoms with Crippen LogP contribution in [0.4, 0.5) is 0 Å². The van der Waals surface area contributed by atoms with E-state index in [9.17, 15) is 0 Å². The zero-order valence-electron chi connectivity index (χ0n) is 12.2.